The topological polar surface area (TPSA) is 68.8 Å². The molecule has 1 saturated heterocycles. The van der Waals surface area contributed by atoms with E-state index in [4.69, 9.17) is 26.4 Å². The lowest BCUT2D eigenvalue weighted by molar-refractivity contribution is -0.145. The van der Waals surface area contributed by atoms with Crippen molar-refractivity contribution in [1.29, 1.82) is 0 Å². The maximum absolute atomic E-state index is 12.1. The molecule has 2 unspecified atom stereocenters. The van der Waals surface area contributed by atoms with Crippen molar-refractivity contribution < 1.29 is 19.0 Å². The maximum atomic E-state index is 12.1. The second-order valence-corrected chi connectivity index (χ2v) is 5.12. The minimum atomic E-state index is -0.641. The van der Waals surface area contributed by atoms with Gasteiger partial charge in [0.25, 0.3) is 0 Å². The number of rotatable bonds is 4. The van der Waals surface area contributed by atoms with Crippen LogP contribution in [0.3, 0.4) is 0 Å². The van der Waals surface area contributed by atoms with E-state index < -0.39 is 17.9 Å². The van der Waals surface area contributed by atoms with E-state index in [1.807, 2.05) is 0 Å². The van der Waals surface area contributed by atoms with E-state index in [0.29, 0.717) is 22.3 Å². The van der Waals surface area contributed by atoms with Gasteiger partial charge in [0.05, 0.1) is 27.4 Å². The summed E-state index contributed by atoms with van der Waals surface area (Å²) in [5.41, 5.74) is 1.22. The number of benzene rings is 1. The third-order valence-electron chi connectivity index (χ3n) is 3.50. The monoisotopic (exact) mass is 322 g/mol. The molecule has 6 nitrogen and oxygen atoms in total. The van der Waals surface area contributed by atoms with Crippen LogP contribution in [0.15, 0.2) is 30.5 Å². The highest BCUT2D eigenvalue weighted by Gasteiger charge is 2.38. The van der Waals surface area contributed by atoms with Crippen LogP contribution in [0.1, 0.15) is 11.6 Å². The summed E-state index contributed by atoms with van der Waals surface area (Å²) in [7, 11) is 4.47. The quantitative estimate of drug-likeness (QED) is 0.643. The van der Waals surface area contributed by atoms with Gasteiger partial charge < -0.3 is 24.8 Å². The first kappa shape index (κ1) is 16.1. The van der Waals surface area contributed by atoms with Crippen LogP contribution < -0.4 is 20.1 Å². The predicted molar refractivity (Wildman–Crippen MR) is 85.8 cm³/mol. The molecule has 118 valence electrons. The molecule has 1 aromatic rings. The van der Waals surface area contributed by atoms with E-state index in [1.165, 1.54) is 7.11 Å². The largest absolute Gasteiger partial charge is 0.497 e. The van der Waals surface area contributed by atoms with E-state index in [9.17, 15) is 4.79 Å². The molecule has 2 atom stereocenters. The number of carbonyl (C=O) groups excluding carboxylic acids is 1. The van der Waals surface area contributed by atoms with Crippen molar-refractivity contribution in [2.24, 2.45) is 5.92 Å². The molecular formula is C15H18N2O4S. The number of methoxy groups -OCH3 is 3. The molecule has 22 heavy (non-hydrogen) atoms. The highest BCUT2D eigenvalue weighted by atomic mass is 32.1. The van der Waals surface area contributed by atoms with Crippen molar-refractivity contribution >= 4 is 23.3 Å². The molecule has 0 spiro atoms. The molecule has 1 fully saturated rings. The number of ether oxygens (including phenoxy) is 3. The molecule has 0 radical (unpaired) electrons. The number of hydrogen-bond acceptors (Lipinski definition) is 5. The zero-order valence-electron chi connectivity index (χ0n) is 12.6. The Hall–Kier alpha value is -2.28. The molecular weight excluding hydrogens is 304 g/mol. The Balaban J connectivity index is 2.52. The Bertz CT molecular complexity index is 618. The van der Waals surface area contributed by atoms with E-state index in [1.54, 1.807) is 32.4 Å². The summed E-state index contributed by atoms with van der Waals surface area (Å²) in [5, 5.41) is 6.33. The molecule has 1 heterocycles. The predicted octanol–water partition coefficient (Wildman–Crippen LogP) is 1.53. The van der Waals surface area contributed by atoms with Gasteiger partial charge >= 0.3 is 5.97 Å². The van der Waals surface area contributed by atoms with Gasteiger partial charge in [0, 0.05) is 11.3 Å². The Morgan fingerprint density at radius 2 is 2.00 bits per heavy atom. The fourth-order valence-corrected chi connectivity index (χ4v) is 2.69. The number of thiocarbonyl (C=S) groups is 1. The van der Waals surface area contributed by atoms with Gasteiger partial charge in [0.15, 0.2) is 5.11 Å². The van der Waals surface area contributed by atoms with Gasteiger partial charge in [-0.05, 0) is 30.4 Å². The van der Waals surface area contributed by atoms with Crippen molar-refractivity contribution in [3.63, 3.8) is 0 Å². The SMILES string of the molecule is C=C1NC(=S)NC(c2cc(OC)ccc2OC)C1C(=O)OC. The van der Waals surface area contributed by atoms with Crippen molar-refractivity contribution in [2.45, 2.75) is 6.04 Å². The van der Waals surface area contributed by atoms with Crippen LogP contribution in [0.2, 0.25) is 0 Å². The molecule has 7 heteroatoms. The molecule has 0 aliphatic carbocycles. The van der Waals surface area contributed by atoms with Gasteiger partial charge in [-0.15, -0.1) is 0 Å². The van der Waals surface area contributed by atoms with E-state index in [-0.39, 0.29) is 0 Å². The van der Waals surface area contributed by atoms with E-state index in [2.05, 4.69) is 17.2 Å². The van der Waals surface area contributed by atoms with Gasteiger partial charge in [0.1, 0.15) is 17.4 Å². The zero-order valence-corrected chi connectivity index (χ0v) is 13.5. The molecule has 1 aromatic carbocycles. The smallest absolute Gasteiger partial charge is 0.317 e. The average Bonchev–Trinajstić information content (AvgIpc) is 2.52. The lowest BCUT2D eigenvalue weighted by Gasteiger charge is -2.35. The molecule has 0 saturated carbocycles. The number of carbonyl (C=O) groups is 1. The van der Waals surface area contributed by atoms with Gasteiger partial charge in [0.2, 0.25) is 0 Å². The number of hydrogen-bond donors (Lipinski definition) is 2. The summed E-state index contributed by atoms with van der Waals surface area (Å²) in [6.45, 7) is 3.88. The number of nitrogens with one attached hydrogen (secondary N) is 2. The van der Waals surface area contributed by atoms with Crippen LogP contribution in [0.25, 0.3) is 0 Å². The first-order valence-electron chi connectivity index (χ1n) is 6.57. The first-order chi connectivity index (χ1) is 10.5. The Kier molecular flexibility index (Phi) is 4.87. The highest BCUT2D eigenvalue weighted by molar-refractivity contribution is 7.80. The summed E-state index contributed by atoms with van der Waals surface area (Å²) in [5.74, 6) is 0.209. The van der Waals surface area contributed by atoms with Crippen molar-refractivity contribution in [3.8, 4) is 11.5 Å². The molecule has 0 aromatic heterocycles. The minimum absolute atomic E-state index is 0.389. The number of esters is 1. The molecule has 1 aliphatic heterocycles. The van der Waals surface area contributed by atoms with Crippen molar-refractivity contribution in [3.05, 3.63) is 36.0 Å². The van der Waals surface area contributed by atoms with E-state index >= 15 is 0 Å². The molecule has 0 amide bonds. The summed E-state index contributed by atoms with van der Waals surface area (Å²) in [4.78, 5) is 12.1. The van der Waals surface area contributed by atoms with Crippen LogP contribution in [0, 0.1) is 5.92 Å². The Morgan fingerprint density at radius 3 is 2.59 bits per heavy atom. The lowest BCUT2D eigenvalue weighted by atomic mass is 9.88. The van der Waals surface area contributed by atoms with E-state index in [0.717, 1.165) is 5.56 Å². The summed E-state index contributed by atoms with van der Waals surface area (Å²) in [6.07, 6.45) is 0. The fraction of sp³-hybridized carbons (Fsp3) is 0.333. The van der Waals surface area contributed by atoms with Gasteiger partial charge in [-0.25, -0.2) is 0 Å². The normalized spacial score (nSPS) is 20.7. The van der Waals surface area contributed by atoms with Crippen molar-refractivity contribution in [2.75, 3.05) is 21.3 Å². The fourth-order valence-electron chi connectivity index (χ4n) is 2.43. The highest BCUT2D eigenvalue weighted by Crippen LogP contribution is 2.37. The second-order valence-electron chi connectivity index (χ2n) is 4.71. The van der Waals surface area contributed by atoms with Crippen LogP contribution in [0.4, 0.5) is 0 Å². The maximum Gasteiger partial charge on any atom is 0.317 e. The standard InChI is InChI=1S/C15H18N2O4S/c1-8-12(14(18)21-4)13(17-15(22)16-8)10-7-9(19-2)5-6-11(10)20-3/h5-7,12-13H,1H2,2-4H3,(H2,16,17,22). The summed E-state index contributed by atoms with van der Waals surface area (Å²) >= 11 is 5.17. The second kappa shape index (κ2) is 6.65. The summed E-state index contributed by atoms with van der Waals surface area (Å²) in [6, 6.07) is 4.90. The Morgan fingerprint density at radius 1 is 1.27 bits per heavy atom. The molecule has 2 rings (SSSR count). The van der Waals surface area contributed by atoms with Gasteiger partial charge in [-0.2, -0.15) is 0 Å². The zero-order chi connectivity index (χ0) is 16.3. The van der Waals surface area contributed by atoms with Crippen molar-refractivity contribution in [1.82, 2.24) is 10.6 Å². The van der Waals surface area contributed by atoms with Gasteiger partial charge in [-0.1, -0.05) is 6.58 Å². The summed E-state index contributed by atoms with van der Waals surface area (Å²) < 4.78 is 15.5. The molecule has 2 N–H and O–H groups in total. The van der Waals surface area contributed by atoms with Gasteiger partial charge in [-0.3, -0.25) is 4.79 Å². The van der Waals surface area contributed by atoms with Crippen LogP contribution in [0.5, 0.6) is 11.5 Å². The molecule has 1 aliphatic rings. The Labute approximate surface area is 134 Å². The van der Waals surface area contributed by atoms with Crippen LogP contribution in [-0.2, 0) is 9.53 Å². The molecule has 0 bridgehead atoms. The average molecular weight is 322 g/mol. The third-order valence-corrected chi connectivity index (χ3v) is 3.72. The van der Waals surface area contributed by atoms with Crippen LogP contribution >= 0.6 is 12.2 Å². The minimum Gasteiger partial charge on any atom is -0.497 e. The third kappa shape index (κ3) is 2.99. The lowest BCUT2D eigenvalue weighted by Crippen LogP contribution is -2.50. The first-order valence-corrected chi connectivity index (χ1v) is 6.98. The van der Waals surface area contributed by atoms with Crippen LogP contribution in [-0.4, -0.2) is 32.4 Å².